The molecule has 1 saturated heterocycles. The van der Waals surface area contributed by atoms with Crippen LogP contribution < -0.4 is 5.32 Å². The van der Waals surface area contributed by atoms with Crippen LogP contribution in [-0.2, 0) is 6.42 Å². The Morgan fingerprint density at radius 1 is 1.67 bits per heavy atom. The number of hydrogen-bond acceptors (Lipinski definition) is 4. The van der Waals surface area contributed by atoms with E-state index < -0.39 is 0 Å². The van der Waals surface area contributed by atoms with Gasteiger partial charge in [-0.3, -0.25) is 5.10 Å². The Kier molecular flexibility index (Phi) is 2.63. The molecule has 0 aromatic carbocycles. The molecule has 0 radical (unpaired) electrons. The van der Waals surface area contributed by atoms with Crippen LogP contribution in [0.1, 0.15) is 5.82 Å². The number of nitrogens with one attached hydrogen (secondary N) is 2. The summed E-state index contributed by atoms with van der Waals surface area (Å²) in [5.41, 5.74) is 0. The monoisotopic (exact) mass is 184 g/mol. The van der Waals surface area contributed by atoms with Crippen molar-refractivity contribution in [1.82, 2.24) is 20.5 Å². The van der Waals surface area contributed by atoms with Gasteiger partial charge in [-0.1, -0.05) is 0 Å². The number of thioether (sulfide) groups is 1. The number of nitrogens with zero attached hydrogens (tertiary/aromatic N) is 2. The Bertz CT molecular complexity index is 217. The minimum absolute atomic E-state index is 0.566. The number of H-pyrrole nitrogens is 1. The molecule has 1 aromatic rings. The van der Waals surface area contributed by atoms with Crippen molar-refractivity contribution in [2.24, 2.45) is 0 Å². The van der Waals surface area contributed by atoms with Crippen LogP contribution in [0.2, 0.25) is 0 Å². The first kappa shape index (κ1) is 8.07. The van der Waals surface area contributed by atoms with Crippen molar-refractivity contribution in [2.75, 3.05) is 18.1 Å². The summed E-state index contributed by atoms with van der Waals surface area (Å²) in [5.74, 6) is 3.39. The van der Waals surface area contributed by atoms with Gasteiger partial charge in [-0.2, -0.15) is 16.9 Å². The van der Waals surface area contributed by atoms with Crippen LogP contribution in [0.3, 0.4) is 0 Å². The van der Waals surface area contributed by atoms with Crippen LogP contribution in [0.5, 0.6) is 0 Å². The molecule has 66 valence electrons. The zero-order chi connectivity index (χ0) is 8.23. The Labute approximate surface area is 75.5 Å². The number of hydrogen-bond donors (Lipinski definition) is 2. The first-order valence-corrected chi connectivity index (χ1v) is 5.26. The maximum absolute atomic E-state index is 4.09. The summed E-state index contributed by atoms with van der Waals surface area (Å²) in [4.78, 5) is 4.09. The van der Waals surface area contributed by atoms with Crippen molar-refractivity contribution in [2.45, 2.75) is 12.5 Å². The SMILES string of the molecule is c1n[nH]c(CC2CSCCN2)n1. The minimum Gasteiger partial charge on any atom is -0.312 e. The van der Waals surface area contributed by atoms with Crippen LogP contribution in [0.25, 0.3) is 0 Å². The van der Waals surface area contributed by atoms with Crippen molar-refractivity contribution in [3.63, 3.8) is 0 Å². The Balaban J connectivity index is 1.86. The average Bonchev–Trinajstić information content (AvgIpc) is 2.59. The quantitative estimate of drug-likeness (QED) is 0.682. The molecule has 0 aliphatic carbocycles. The molecule has 1 aromatic heterocycles. The van der Waals surface area contributed by atoms with Crippen molar-refractivity contribution >= 4 is 11.8 Å². The summed E-state index contributed by atoms with van der Waals surface area (Å²) in [6, 6.07) is 0.566. The second-order valence-corrected chi connectivity index (χ2v) is 4.01. The molecule has 0 spiro atoms. The van der Waals surface area contributed by atoms with E-state index in [1.807, 2.05) is 11.8 Å². The van der Waals surface area contributed by atoms with Crippen LogP contribution in [0, 0.1) is 0 Å². The van der Waals surface area contributed by atoms with Crippen LogP contribution in [0.15, 0.2) is 6.33 Å². The lowest BCUT2D eigenvalue weighted by Crippen LogP contribution is -2.39. The first-order valence-electron chi connectivity index (χ1n) is 4.10. The van der Waals surface area contributed by atoms with E-state index in [4.69, 9.17) is 0 Å². The molecule has 0 bridgehead atoms. The lowest BCUT2D eigenvalue weighted by atomic mass is 10.2. The molecule has 1 aliphatic rings. The largest absolute Gasteiger partial charge is 0.312 e. The lowest BCUT2D eigenvalue weighted by molar-refractivity contribution is 0.551. The van der Waals surface area contributed by atoms with E-state index in [1.165, 1.54) is 11.5 Å². The van der Waals surface area contributed by atoms with E-state index in [1.54, 1.807) is 6.33 Å². The van der Waals surface area contributed by atoms with Gasteiger partial charge < -0.3 is 5.32 Å². The smallest absolute Gasteiger partial charge is 0.137 e. The summed E-state index contributed by atoms with van der Waals surface area (Å²) >= 11 is 2.00. The molecular weight excluding hydrogens is 172 g/mol. The molecule has 1 fully saturated rings. The number of rotatable bonds is 2. The fraction of sp³-hybridized carbons (Fsp3) is 0.714. The van der Waals surface area contributed by atoms with Crippen molar-refractivity contribution in [3.8, 4) is 0 Å². The predicted octanol–water partition coefficient (Wildman–Crippen LogP) is 0.0522. The van der Waals surface area contributed by atoms with Crippen LogP contribution in [0.4, 0.5) is 0 Å². The highest BCUT2D eigenvalue weighted by Crippen LogP contribution is 2.09. The van der Waals surface area contributed by atoms with Crippen LogP contribution in [-0.4, -0.2) is 39.3 Å². The minimum atomic E-state index is 0.566. The van der Waals surface area contributed by atoms with Gasteiger partial charge >= 0.3 is 0 Å². The maximum atomic E-state index is 4.09. The highest BCUT2D eigenvalue weighted by Gasteiger charge is 2.14. The molecule has 5 heteroatoms. The van der Waals surface area contributed by atoms with Gasteiger partial charge in [0.15, 0.2) is 0 Å². The second-order valence-electron chi connectivity index (χ2n) is 2.86. The second kappa shape index (κ2) is 3.91. The zero-order valence-corrected chi connectivity index (χ0v) is 7.60. The molecule has 2 N–H and O–H groups in total. The van der Waals surface area contributed by atoms with E-state index in [2.05, 4.69) is 20.5 Å². The van der Waals surface area contributed by atoms with Gasteiger partial charge in [-0.25, -0.2) is 4.98 Å². The molecule has 0 saturated carbocycles. The Morgan fingerprint density at radius 3 is 3.33 bits per heavy atom. The summed E-state index contributed by atoms with van der Waals surface area (Å²) < 4.78 is 0. The summed E-state index contributed by atoms with van der Waals surface area (Å²) in [5, 5.41) is 10.1. The predicted molar refractivity (Wildman–Crippen MR) is 49.2 cm³/mol. The molecule has 1 aliphatic heterocycles. The molecule has 4 nitrogen and oxygen atoms in total. The number of aromatic amines is 1. The van der Waals surface area contributed by atoms with Gasteiger partial charge in [0.25, 0.3) is 0 Å². The molecule has 0 amide bonds. The summed E-state index contributed by atoms with van der Waals surface area (Å²) in [7, 11) is 0. The summed E-state index contributed by atoms with van der Waals surface area (Å²) in [6.45, 7) is 1.11. The van der Waals surface area contributed by atoms with Gasteiger partial charge in [0.1, 0.15) is 12.2 Å². The normalized spacial score (nSPS) is 24.2. The standard InChI is InChI=1S/C7H12N4S/c1-2-12-4-6(8-1)3-7-9-5-10-11-7/h5-6,8H,1-4H2,(H,9,10,11). The fourth-order valence-corrected chi connectivity index (χ4v) is 2.26. The third kappa shape index (κ3) is 1.98. The highest BCUT2D eigenvalue weighted by atomic mass is 32.2. The van der Waals surface area contributed by atoms with Crippen molar-refractivity contribution in [3.05, 3.63) is 12.2 Å². The topological polar surface area (TPSA) is 53.6 Å². The molecular formula is C7H12N4S. The maximum Gasteiger partial charge on any atom is 0.137 e. The highest BCUT2D eigenvalue weighted by molar-refractivity contribution is 7.99. The van der Waals surface area contributed by atoms with E-state index >= 15 is 0 Å². The molecule has 12 heavy (non-hydrogen) atoms. The molecule has 2 rings (SSSR count). The Morgan fingerprint density at radius 2 is 2.67 bits per heavy atom. The van der Waals surface area contributed by atoms with E-state index in [9.17, 15) is 0 Å². The van der Waals surface area contributed by atoms with Gasteiger partial charge in [0.2, 0.25) is 0 Å². The molecule has 2 heterocycles. The van der Waals surface area contributed by atoms with E-state index in [0.717, 1.165) is 18.8 Å². The first-order chi connectivity index (χ1) is 5.95. The van der Waals surface area contributed by atoms with E-state index in [-0.39, 0.29) is 0 Å². The van der Waals surface area contributed by atoms with Gasteiger partial charge in [0, 0.05) is 30.5 Å². The van der Waals surface area contributed by atoms with Crippen molar-refractivity contribution in [1.29, 1.82) is 0 Å². The third-order valence-electron chi connectivity index (χ3n) is 1.90. The third-order valence-corrected chi connectivity index (χ3v) is 3.03. The van der Waals surface area contributed by atoms with Crippen LogP contribution >= 0.6 is 11.8 Å². The molecule has 1 unspecified atom stereocenters. The fourth-order valence-electron chi connectivity index (χ4n) is 1.31. The Hall–Kier alpha value is -0.550. The number of aromatic nitrogens is 3. The lowest BCUT2D eigenvalue weighted by Gasteiger charge is -2.21. The van der Waals surface area contributed by atoms with Gasteiger partial charge in [-0.15, -0.1) is 0 Å². The molecule has 1 atom stereocenters. The summed E-state index contributed by atoms with van der Waals surface area (Å²) in [6.07, 6.45) is 2.53. The average molecular weight is 184 g/mol. The zero-order valence-electron chi connectivity index (χ0n) is 6.79. The van der Waals surface area contributed by atoms with Gasteiger partial charge in [0.05, 0.1) is 0 Å². The van der Waals surface area contributed by atoms with Gasteiger partial charge in [-0.05, 0) is 0 Å². The van der Waals surface area contributed by atoms with Crippen molar-refractivity contribution < 1.29 is 0 Å². The van der Waals surface area contributed by atoms with E-state index in [0.29, 0.717) is 6.04 Å².